The number of H-pyrrole nitrogens is 1. The summed E-state index contributed by atoms with van der Waals surface area (Å²) in [7, 11) is 3.22. The van der Waals surface area contributed by atoms with Gasteiger partial charge < -0.3 is 14.8 Å². The van der Waals surface area contributed by atoms with Crippen LogP contribution in [-0.4, -0.2) is 42.5 Å². The van der Waals surface area contributed by atoms with Crippen molar-refractivity contribution in [2.24, 2.45) is 0 Å². The van der Waals surface area contributed by atoms with Crippen LogP contribution in [0.4, 0.5) is 0 Å². The molecule has 0 saturated heterocycles. The van der Waals surface area contributed by atoms with E-state index in [0.29, 0.717) is 13.1 Å². The predicted octanol–water partition coefficient (Wildman–Crippen LogP) is 1.18. The first kappa shape index (κ1) is 13.7. The highest BCUT2D eigenvalue weighted by Gasteiger charge is 2.10. The van der Waals surface area contributed by atoms with Gasteiger partial charge >= 0.3 is 0 Å². The fourth-order valence-corrected chi connectivity index (χ4v) is 1.77. The Morgan fingerprint density at radius 1 is 1.16 bits per heavy atom. The molecular weight excluding hydrogens is 244 g/mol. The molecule has 1 aromatic carbocycles. The third kappa shape index (κ3) is 3.60. The summed E-state index contributed by atoms with van der Waals surface area (Å²) in [6.45, 7) is 1.19. The number of aromatic amines is 1. The Morgan fingerprint density at radius 2 is 1.89 bits per heavy atom. The summed E-state index contributed by atoms with van der Waals surface area (Å²) in [6.07, 6.45) is -0.257. The Labute approximate surface area is 112 Å². The molecule has 6 nitrogen and oxygen atoms in total. The molecule has 2 N–H and O–H groups in total. The highest BCUT2D eigenvalue weighted by atomic mass is 16.7. The normalized spacial score (nSPS) is 11.1. The van der Waals surface area contributed by atoms with E-state index in [-0.39, 0.29) is 6.29 Å². The van der Waals surface area contributed by atoms with Gasteiger partial charge in [-0.25, -0.2) is 0 Å². The molecule has 1 aromatic heterocycles. The van der Waals surface area contributed by atoms with Crippen molar-refractivity contribution >= 4 is 0 Å². The number of hydrogen-bond donors (Lipinski definition) is 2. The number of aromatic nitrogens is 3. The smallest absolute Gasteiger partial charge is 0.169 e. The maximum absolute atomic E-state index is 5.11. The van der Waals surface area contributed by atoms with Crippen LogP contribution in [-0.2, 0) is 16.0 Å². The third-order valence-corrected chi connectivity index (χ3v) is 2.80. The van der Waals surface area contributed by atoms with Crippen LogP contribution < -0.4 is 5.32 Å². The number of ether oxygens (including phenoxy) is 2. The van der Waals surface area contributed by atoms with Gasteiger partial charge in [-0.05, 0) is 0 Å². The Balaban J connectivity index is 1.97. The average molecular weight is 262 g/mol. The number of nitrogens with zero attached hydrogens (tertiary/aromatic N) is 2. The Morgan fingerprint density at radius 3 is 2.58 bits per heavy atom. The largest absolute Gasteiger partial charge is 0.355 e. The summed E-state index contributed by atoms with van der Waals surface area (Å²) in [6, 6.07) is 9.95. The summed E-state index contributed by atoms with van der Waals surface area (Å²) in [5.41, 5.74) is 2.78. The minimum absolute atomic E-state index is 0.257. The van der Waals surface area contributed by atoms with Gasteiger partial charge in [-0.2, -0.15) is 15.4 Å². The van der Waals surface area contributed by atoms with Crippen LogP contribution in [0, 0.1) is 0 Å². The second kappa shape index (κ2) is 6.98. The Kier molecular flexibility index (Phi) is 5.02. The quantitative estimate of drug-likeness (QED) is 0.733. The molecule has 2 aromatic rings. The van der Waals surface area contributed by atoms with Crippen LogP contribution in [0.2, 0.25) is 0 Å². The molecule has 0 aliphatic carbocycles. The van der Waals surface area contributed by atoms with E-state index in [2.05, 4.69) is 20.7 Å². The van der Waals surface area contributed by atoms with Crippen LogP contribution >= 0.6 is 0 Å². The summed E-state index contributed by atoms with van der Waals surface area (Å²) in [5.74, 6) is 0. The number of nitrogens with one attached hydrogen (secondary N) is 2. The van der Waals surface area contributed by atoms with Gasteiger partial charge in [0.05, 0.1) is 0 Å². The van der Waals surface area contributed by atoms with Gasteiger partial charge in [-0.3, -0.25) is 0 Å². The molecule has 0 aliphatic heterocycles. The van der Waals surface area contributed by atoms with Gasteiger partial charge in [0.1, 0.15) is 11.4 Å². The lowest BCUT2D eigenvalue weighted by Crippen LogP contribution is -2.29. The minimum Gasteiger partial charge on any atom is -0.355 e. The van der Waals surface area contributed by atoms with Crippen LogP contribution in [0.5, 0.6) is 0 Å². The fraction of sp³-hybridized carbons (Fsp3) is 0.385. The molecule has 1 heterocycles. The zero-order chi connectivity index (χ0) is 13.5. The lowest BCUT2D eigenvalue weighted by atomic mass is 10.1. The van der Waals surface area contributed by atoms with Gasteiger partial charge in [0.2, 0.25) is 0 Å². The van der Waals surface area contributed by atoms with Crippen molar-refractivity contribution in [3.63, 3.8) is 0 Å². The van der Waals surface area contributed by atoms with Gasteiger partial charge in [-0.1, -0.05) is 30.3 Å². The average Bonchev–Trinajstić information content (AvgIpc) is 2.93. The van der Waals surface area contributed by atoms with Crippen molar-refractivity contribution < 1.29 is 9.47 Å². The van der Waals surface area contributed by atoms with E-state index in [4.69, 9.17) is 9.47 Å². The molecule has 19 heavy (non-hydrogen) atoms. The van der Waals surface area contributed by atoms with Crippen molar-refractivity contribution in [1.29, 1.82) is 0 Å². The number of methoxy groups -OCH3 is 2. The molecule has 102 valence electrons. The second-order valence-electron chi connectivity index (χ2n) is 4.02. The van der Waals surface area contributed by atoms with Gasteiger partial charge in [0, 0.05) is 32.9 Å². The molecule has 0 atom stereocenters. The monoisotopic (exact) mass is 262 g/mol. The van der Waals surface area contributed by atoms with Gasteiger partial charge in [-0.15, -0.1) is 0 Å². The summed E-state index contributed by atoms with van der Waals surface area (Å²) >= 11 is 0. The van der Waals surface area contributed by atoms with E-state index in [1.165, 1.54) is 0 Å². The van der Waals surface area contributed by atoms with Crippen molar-refractivity contribution in [1.82, 2.24) is 20.7 Å². The summed E-state index contributed by atoms with van der Waals surface area (Å²) < 4.78 is 10.2. The van der Waals surface area contributed by atoms with E-state index in [1.807, 2.05) is 30.3 Å². The third-order valence-electron chi connectivity index (χ3n) is 2.80. The van der Waals surface area contributed by atoms with E-state index < -0.39 is 0 Å². The number of benzene rings is 1. The lowest BCUT2D eigenvalue weighted by Gasteiger charge is -2.13. The van der Waals surface area contributed by atoms with Gasteiger partial charge in [0.25, 0.3) is 0 Å². The van der Waals surface area contributed by atoms with Crippen molar-refractivity contribution in [3.8, 4) is 11.3 Å². The van der Waals surface area contributed by atoms with Crippen molar-refractivity contribution in [3.05, 3.63) is 36.0 Å². The molecule has 0 saturated carbocycles. The molecule has 6 heteroatoms. The van der Waals surface area contributed by atoms with Crippen LogP contribution in [0.15, 0.2) is 30.3 Å². The summed E-state index contributed by atoms with van der Waals surface area (Å²) in [5, 5.41) is 14.2. The molecule has 0 spiro atoms. The predicted molar refractivity (Wildman–Crippen MR) is 71.3 cm³/mol. The molecular formula is C13H18N4O2. The van der Waals surface area contributed by atoms with Crippen LogP contribution in [0.25, 0.3) is 11.3 Å². The van der Waals surface area contributed by atoms with Crippen molar-refractivity contribution in [2.75, 3.05) is 20.8 Å². The second-order valence-corrected chi connectivity index (χ2v) is 4.02. The first-order valence-corrected chi connectivity index (χ1v) is 6.06. The van der Waals surface area contributed by atoms with E-state index >= 15 is 0 Å². The number of hydrogen-bond acceptors (Lipinski definition) is 5. The molecule has 0 fully saturated rings. The maximum Gasteiger partial charge on any atom is 0.169 e. The van der Waals surface area contributed by atoms with E-state index in [0.717, 1.165) is 17.0 Å². The standard InChI is InChI=1S/C13H18N4O2/c1-18-12(19-2)9-14-8-11-13(16-17-15-11)10-6-4-3-5-7-10/h3-7,12,14H,8-9H2,1-2H3,(H,15,16,17). The first-order valence-electron chi connectivity index (χ1n) is 6.06. The highest BCUT2D eigenvalue weighted by molar-refractivity contribution is 5.60. The SMILES string of the molecule is COC(CNCc1n[nH]nc1-c1ccccc1)OC. The topological polar surface area (TPSA) is 72.1 Å². The molecule has 0 unspecified atom stereocenters. The van der Waals surface area contributed by atoms with Crippen LogP contribution in [0.3, 0.4) is 0 Å². The highest BCUT2D eigenvalue weighted by Crippen LogP contribution is 2.18. The first-order chi connectivity index (χ1) is 9.35. The molecule has 2 rings (SSSR count). The van der Waals surface area contributed by atoms with Crippen molar-refractivity contribution in [2.45, 2.75) is 12.8 Å². The maximum atomic E-state index is 5.11. The minimum atomic E-state index is -0.257. The van der Waals surface area contributed by atoms with E-state index in [9.17, 15) is 0 Å². The molecule has 0 amide bonds. The Hall–Kier alpha value is -1.76. The van der Waals surface area contributed by atoms with E-state index in [1.54, 1.807) is 14.2 Å². The number of rotatable bonds is 7. The summed E-state index contributed by atoms with van der Waals surface area (Å²) in [4.78, 5) is 0. The lowest BCUT2D eigenvalue weighted by molar-refractivity contribution is -0.0989. The van der Waals surface area contributed by atoms with Crippen LogP contribution in [0.1, 0.15) is 5.69 Å². The molecule has 0 bridgehead atoms. The Bertz CT molecular complexity index is 482. The molecule has 0 radical (unpaired) electrons. The fourth-order valence-electron chi connectivity index (χ4n) is 1.77. The molecule has 0 aliphatic rings. The van der Waals surface area contributed by atoms with Gasteiger partial charge in [0.15, 0.2) is 6.29 Å². The zero-order valence-electron chi connectivity index (χ0n) is 11.1. The zero-order valence-corrected chi connectivity index (χ0v) is 11.1.